The van der Waals surface area contributed by atoms with Gasteiger partial charge in [-0.15, -0.1) is 11.8 Å². The van der Waals surface area contributed by atoms with Crippen LogP contribution in [0.5, 0.6) is 0 Å². The third kappa shape index (κ3) is 11.5. The molecule has 0 aromatic heterocycles. The summed E-state index contributed by atoms with van der Waals surface area (Å²) < 4.78 is 5.53. The highest BCUT2D eigenvalue weighted by atomic mass is 32.2. The molecule has 0 bridgehead atoms. The van der Waals surface area contributed by atoms with E-state index in [0.717, 1.165) is 46.9 Å². The number of thioether (sulfide) groups is 1. The van der Waals surface area contributed by atoms with Crippen molar-refractivity contribution in [1.29, 1.82) is 0 Å². The summed E-state index contributed by atoms with van der Waals surface area (Å²) in [5, 5.41) is 23.0. The molecule has 0 radical (unpaired) electrons. The van der Waals surface area contributed by atoms with Crippen LogP contribution in [-0.2, 0) is 20.7 Å². The quantitative estimate of drug-likeness (QED) is 0.153. The van der Waals surface area contributed by atoms with Crippen molar-refractivity contribution in [2.75, 3.05) is 5.75 Å². The standard InChI is InChI=1S/C39H53N3O5S/c1-38(2,3)42-35(44)30-21-13-11-18-28(30)24-33(43)31(23-26-15-8-7-9-16-26)40-36(45)32(41-37(46)47-39(4,5)6)25-48-34-22-14-19-27-17-10-12-20-29(27)34/h7-10,12,14-17,19-20,22,28,30-33,43H,11,13,18,21,23-25H2,1-6H3,(H,40,45)(H,41,46)(H,42,44). The second-order valence-electron chi connectivity index (χ2n) is 15.0. The highest BCUT2D eigenvalue weighted by Crippen LogP contribution is 2.35. The van der Waals surface area contributed by atoms with Gasteiger partial charge in [0.25, 0.3) is 0 Å². The van der Waals surface area contributed by atoms with Crippen molar-refractivity contribution in [3.8, 4) is 0 Å². The van der Waals surface area contributed by atoms with Gasteiger partial charge in [0.05, 0.1) is 12.1 Å². The van der Waals surface area contributed by atoms with Gasteiger partial charge >= 0.3 is 6.09 Å². The molecule has 5 atom stereocenters. The van der Waals surface area contributed by atoms with Gasteiger partial charge in [-0.3, -0.25) is 9.59 Å². The Morgan fingerprint density at radius 1 is 0.875 bits per heavy atom. The first-order valence-electron chi connectivity index (χ1n) is 17.1. The van der Waals surface area contributed by atoms with Gasteiger partial charge in [-0.1, -0.05) is 79.6 Å². The maximum absolute atomic E-state index is 14.1. The van der Waals surface area contributed by atoms with Crippen molar-refractivity contribution < 1.29 is 24.2 Å². The topological polar surface area (TPSA) is 117 Å². The molecule has 0 aliphatic heterocycles. The highest BCUT2D eigenvalue weighted by molar-refractivity contribution is 7.99. The Morgan fingerprint density at radius 3 is 2.25 bits per heavy atom. The second kappa shape index (κ2) is 16.7. The van der Waals surface area contributed by atoms with E-state index in [0.29, 0.717) is 12.8 Å². The molecule has 1 aliphatic carbocycles. The summed E-state index contributed by atoms with van der Waals surface area (Å²) in [5.41, 5.74) is -0.119. The summed E-state index contributed by atoms with van der Waals surface area (Å²) in [7, 11) is 0. The van der Waals surface area contributed by atoms with E-state index in [1.807, 2.05) is 93.6 Å². The SMILES string of the molecule is CC(C)(C)NC(=O)C1CCCCC1CC(O)C(Cc1ccccc1)NC(=O)C(CSc1cccc2ccccc12)NC(=O)OC(C)(C)C. The minimum atomic E-state index is -0.936. The summed E-state index contributed by atoms with van der Waals surface area (Å²) in [6.45, 7) is 11.3. The van der Waals surface area contributed by atoms with Crippen LogP contribution in [0.15, 0.2) is 77.7 Å². The predicted octanol–water partition coefficient (Wildman–Crippen LogP) is 7.02. The van der Waals surface area contributed by atoms with Crippen LogP contribution in [0.4, 0.5) is 4.79 Å². The van der Waals surface area contributed by atoms with Crippen molar-refractivity contribution in [1.82, 2.24) is 16.0 Å². The Balaban J connectivity index is 1.55. The number of aliphatic hydroxyl groups excluding tert-OH is 1. The summed E-state index contributed by atoms with van der Waals surface area (Å²) >= 11 is 1.48. The number of fused-ring (bicyclic) bond motifs is 1. The number of aliphatic hydroxyl groups is 1. The number of rotatable bonds is 12. The molecule has 260 valence electrons. The van der Waals surface area contributed by atoms with Crippen molar-refractivity contribution in [3.63, 3.8) is 0 Å². The Hall–Kier alpha value is -3.56. The lowest BCUT2D eigenvalue weighted by Gasteiger charge is -2.36. The molecule has 0 heterocycles. The van der Waals surface area contributed by atoms with E-state index in [-0.39, 0.29) is 29.0 Å². The van der Waals surface area contributed by atoms with E-state index in [1.54, 1.807) is 20.8 Å². The third-order valence-electron chi connectivity index (χ3n) is 8.54. The van der Waals surface area contributed by atoms with Gasteiger partial charge in [-0.25, -0.2) is 4.79 Å². The molecule has 0 spiro atoms. The zero-order valence-corrected chi connectivity index (χ0v) is 30.1. The smallest absolute Gasteiger partial charge is 0.408 e. The van der Waals surface area contributed by atoms with Gasteiger partial charge in [0.15, 0.2) is 0 Å². The number of hydrogen-bond acceptors (Lipinski definition) is 6. The van der Waals surface area contributed by atoms with Gasteiger partial charge in [-0.05, 0) is 95.5 Å². The van der Waals surface area contributed by atoms with E-state index >= 15 is 0 Å². The molecule has 3 amide bonds. The lowest BCUT2D eigenvalue weighted by molar-refractivity contribution is -0.130. The minimum absolute atomic E-state index is 0.0103. The average molecular weight is 676 g/mol. The lowest BCUT2D eigenvalue weighted by atomic mass is 9.74. The fraction of sp³-hybridized carbons (Fsp3) is 0.513. The molecular formula is C39H53N3O5S. The first kappa shape index (κ1) is 37.3. The second-order valence-corrected chi connectivity index (χ2v) is 16.0. The van der Waals surface area contributed by atoms with Crippen LogP contribution in [0.25, 0.3) is 10.8 Å². The Morgan fingerprint density at radius 2 is 1.54 bits per heavy atom. The first-order chi connectivity index (χ1) is 22.7. The number of amides is 3. The molecule has 4 N–H and O–H groups in total. The summed E-state index contributed by atoms with van der Waals surface area (Å²) in [5.74, 6) is -0.331. The molecule has 8 nitrogen and oxygen atoms in total. The molecule has 0 saturated heterocycles. The van der Waals surface area contributed by atoms with Crippen LogP contribution in [0.3, 0.4) is 0 Å². The molecule has 5 unspecified atom stereocenters. The summed E-state index contributed by atoms with van der Waals surface area (Å²) in [4.78, 5) is 41.3. The van der Waals surface area contributed by atoms with Crippen molar-refractivity contribution in [3.05, 3.63) is 78.4 Å². The van der Waals surface area contributed by atoms with Crippen LogP contribution < -0.4 is 16.0 Å². The zero-order chi connectivity index (χ0) is 34.9. The monoisotopic (exact) mass is 675 g/mol. The van der Waals surface area contributed by atoms with Crippen LogP contribution in [0, 0.1) is 11.8 Å². The van der Waals surface area contributed by atoms with E-state index in [2.05, 4.69) is 16.0 Å². The molecule has 1 saturated carbocycles. The first-order valence-corrected chi connectivity index (χ1v) is 18.1. The Bertz CT molecular complexity index is 1510. The van der Waals surface area contributed by atoms with Gasteiger partial charge in [0, 0.05) is 22.1 Å². The highest BCUT2D eigenvalue weighted by Gasteiger charge is 2.36. The average Bonchev–Trinajstić information content (AvgIpc) is 3.01. The number of alkyl carbamates (subject to hydrolysis) is 1. The third-order valence-corrected chi connectivity index (χ3v) is 9.71. The largest absolute Gasteiger partial charge is 0.444 e. The number of benzene rings is 3. The van der Waals surface area contributed by atoms with Crippen molar-refractivity contribution in [2.24, 2.45) is 11.8 Å². The molecule has 3 aromatic rings. The maximum Gasteiger partial charge on any atom is 0.408 e. The van der Waals surface area contributed by atoms with Crippen LogP contribution in [0.1, 0.15) is 79.2 Å². The van der Waals surface area contributed by atoms with E-state index in [4.69, 9.17) is 4.74 Å². The molecule has 1 fully saturated rings. The Labute approximate surface area is 290 Å². The lowest BCUT2D eigenvalue weighted by Crippen LogP contribution is -2.55. The molecule has 9 heteroatoms. The van der Waals surface area contributed by atoms with Crippen LogP contribution in [-0.4, -0.2) is 58.1 Å². The molecule has 48 heavy (non-hydrogen) atoms. The fourth-order valence-corrected chi connectivity index (χ4v) is 7.43. The van der Waals surface area contributed by atoms with Crippen molar-refractivity contribution >= 4 is 40.4 Å². The maximum atomic E-state index is 14.1. The molecule has 1 aliphatic rings. The van der Waals surface area contributed by atoms with Crippen LogP contribution in [0.2, 0.25) is 0 Å². The number of nitrogens with one attached hydrogen (secondary N) is 3. The Kier molecular flexibility index (Phi) is 13.0. The normalized spacial score (nSPS) is 18.7. The fourth-order valence-electron chi connectivity index (χ4n) is 6.33. The van der Waals surface area contributed by atoms with Gasteiger partial charge in [0.1, 0.15) is 11.6 Å². The van der Waals surface area contributed by atoms with Crippen molar-refractivity contribution in [2.45, 2.75) is 114 Å². The minimum Gasteiger partial charge on any atom is -0.444 e. The number of carbonyl (C=O) groups excluding carboxylic acids is 3. The summed E-state index contributed by atoms with van der Waals surface area (Å²) in [6, 6.07) is 22.2. The van der Waals surface area contributed by atoms with E-state index in [1.165, 1.54) is 11.8 Å². The predicted molar refractivity (Wildman–Crippen MR) is 194 cm³/mol. The molecule has 4 rings (SSSR count). The van der Waals surface area contributed by atoms with Gasteiger partial charge < -0.3 is 25.8 Å². The number of ether oxygens (including phenoxy) is 1. The zero-order valence-electron chi connectivity index (χ0n) is 29.3. The number of hydrogen-bond donors (Lipinski definition) is 4. The van der Waals surface area contributed by atoms with Crippen LogP contribution >= 0.6 is 11.8 Å². The van der Waals surface area contributed by atoms with Gasteiger partial charge in [-0.2, -0.15) is 0 Å². The van der Waals surface area contributed by atoms with E-state index < -0.39 is 35.8 Å². The van der Waals surface area contributed by atoms with E-state index in [9.17, 15) is 19.5 Å². The number of carbonyl (C=O) groups is 3. The van der Waals surface area contributed by atoms with Gasteiger partial charge in [0.2, 0.25) is 11.8 Å². The molecule has 3 aromatic carbocycles. The molecular weight excluding hydrogens is 623 g/mol. The summed E-state index contributed by atoms with van der Waals surface area (Å²) in [6.07, 6.45) is 2.79.